The van der Waals surface area contributed by atoms with Crippen molar-refractivity contribution in [3.8, 4) is 0 Å². The van der Waals surface area contributed by atoms with Crippen molar-refractivity contribution in [2.75, 3.05) is 0 Å². The molecule has 0 aromatic carbocycles. The number of rotatable bonds is 0. The molecular weight excluding hydrogens is 360 g/mol. The second-order valence-electron chi connectivity index (χ2n) is 4.08. The third-order valence-electron chi connectivity index (χ3n) is 1.41. The molecule has 0 unspecified atom stereocenters. The fraction of sp³-hybridized carbons (Fsp3) is 0.545. The number of aromatic nitrogens is 2. The second kappa shape index (κ2) is 7.81. The molecular formula is C11H18N2OW. The zero-order valence-corrected chi connectivity index (χ0v) is 12.9. The van der Waals surface area contributed by atoms with Crippen LogP contribution in [0.3, 0.4) is 0 Å². The van der Waals surface area contributed by atoms with E-state index in [0.29, 0.717) is 0 Å². The van der Waals surface area contributed by atoms with Crippen LogP contribution in [0.15, 0.2) is 16.9 Å². The van der Waals surface area contributed by atoms with Crippen molar-refractivity contribution in [3.05, 3.63) is 34.6 Å². The summed E-state index contributed by atoms with van der Waals surface area (Å²) in [5, 5.41) is 7.23. The zero-order chi connectivity index (χ0) is 11.2. The molecule has 1 aromatic heterocycles. The summed E-state index contributed by atoms with van der Waals surface area (Å²) in [5.74, 6) is 0. The van der Waals surface area contributed by atoms with E-state index in [1.54, 1.807) is 6.07 Å². The van der Waals surface area contributed by atoms with Crippen LogP contribution in [0.25, 0.3) is 0 Å². The van der Waals surface area contributed by atoms with Gasteiger partial charge in [0.25, 0.3) is 0 Å². The van der Waals surface area contributed by atoms with E-state index in [0.717, 1.165) is 5.69 Å². The van der Waals surface area contributed by atoms with E-state index >= 15 is 0 Å². The minimum atomic E-state index is -0.280. The maximum atomic E-state index is 10.6. The Kier molecular flexibility index (Phi) is 8.84. The number of nitrogens with zero attached hydrogens (tertiary/aromatic N) is 2. The molecule has 0 aliphatic heterocycles. The molecule has 1 aromatic rings. The van der Waals surface area contributed by atoms with E-state index in [1.807, 2.05) is 41.0 Å². The second-order valence-corrected chi connectivity index (χ2v) is 4.08. The van der Waals surface area contributed by atoms with Gasteiger partial charge >= 0.3 is 21.1 Å². The van der Waals surface area contributed by atoms with Crippen LogP contribution in [-0.2, 0) is 26.5 Å². The van der Waals surface area contributed by atoms with E-state index < -0.39 is 0 Å². The van der Waals surface area contributed by atoms with Crippen molar-refractivity contribution in [2.45, 2.75) is 40.0 Å². The van der Waals surface area contributed by atoms with Gasteiger partial charge in [-0.3, -0.25) is 0 Å². The van der Waals surface area contributed by atoms with E-state index in [4.69, 9.17) is 0 Å². The fourth-order valence-corrected chi connectivity index (χ4v) is 0.720. The Bertz CT molecular complexity index is 295. The SMILES string of the molecule is CC(C)(C)c1ccc(=O)[n-]n1.C[CH-]C.[W+2]. The Labute approximate surface area is 106 Å². The Morgan fingerprint density at radius 2 is 1.73 bits per heavy atom. The van der Waals surface area contributed by atoms with E-state index in [2.05, 4.69) is 10.2 Å². The standard InChI is InChI=1S/C8H12N2O.C3H7.W/c1-8(2,3)6-4-5-7(11)10-9-6;1-3-2;/h4-5H,1-3H3,(H,10,11);3H,1-2H3;/q;-1;+2/p-1. The first-order valence-electron chi connectivity index (χ1n) is 4.67. The van der Waals surface area contributed by atoms with Crippen molar-refractivity contribution < 1.29 is 21.1 Å². The molecule has 0 saturated heterocycles. The molecule has 3 nitrogen and oxygen atoms in total. The van der Waals surface area contributed by atoms with Gasteiger partial charge in [0.1, 0.15) is 0 Å². The Morgan fingerprint density at radius 1 is 1.27 bits per heavy atom. The zero-order valence-electron chi connectivity index (χ0n) is 9.94. The molecule has 0 saturated carbocycles. The Balaban J connectivity index is 0. The van der Waals surface area contributed by atoms with Gasteiger partial charge < -0.3 is 21.4 Å². The van der Waals surface area contributed by atoms with Crippen LogP contribution in [0.1, 0.15) is 40.3 Å². The van der Waals surface area contributed by atoms with E-state index in [1.165, 1.54) is 6.07 Å². The summed E-state index contributed by atoms with van der Waals surface area (Å²) in [6.07, 6.45) is 2.00. The van der Waals surface area contributed by atoms with Crippen LogP contribution < -0.4 is 10.7 Å². The average Bonchev–Trinajstić information content (AvgIpc) is 2.04. The van der Waals surface area contributed by atoms with Gasteiger partial charge in [-0.2, -0.15) is 13.8 Å². The normalized spacial score (nSPS) is 9.67. The van der Waals surface area contributed by atoms with Gasteiger partial charge in [-0.25, -0.2) is 0 Å². The van der Waals surface area contributed by atoms with Crippen molar-refractivity contribution in [2.24, 2.45) is 0 Å². The molecule has 0 aliphatic rings. The molecule has 0 radical (unpaired) electrons. The Morgan fingerprint density at radius 3 is 2.00 bits per heavy atom. The van der Waals surface area contributed by atoms with Crippen molar-refractivity contribution >= 4 is 0 Å². The largest absolute Gasteiger partial charge is 2.00 e. The summed E-state index contributed by atoms with van der Waals surface area (Å²) in [6, 6.07) is 3.16. The number of hydrogen-bond acceptors (Lipinski definition) is 2. The van der Waals surface area contributed by atoms with Crippen molar-refractivity contribution in [1.29, 1.82) is 0 Å². The van der Waals surface area contributed by atoms with Crippen LogP contribution >= 0.6 is 0 Å². The van der Waals surface area contributed by atoms with Gasteiger partial charge in [0.2, 0.25) is 0 Å². The predicted octanol–water partition coefficient (Wildman–Crippen LogP) is 1.92. The van der Waals surface area contributed by atoms with Crippen LogP contribution in [0.2, 0.25) is 0 Å². The van der Waals surface area contributed by atoms with Crippen molar-refractivity contribution in [3.63, 3.8) is 0 Å². The monoisotopic (exact) mass is 378 g/mol. The third-order valence-corrected chi connectivity index (χ3v) is 1.41. The molecule has 1 heterocycles. The maximum Gasteiger partial charge on any atom is 2.00 e. The molecule has 0 fully saturated rings. The summed E-state index contributed by atoms with van der Waals surface area (Å²) in [6.45, 7) is 10.1. The quantitative estimate of drug-likeness (QED) is 0.649. The molecule has 1 rings (SSSR count). The van der Waals surface area contributed by atoms with Gasteiger partial charge in [0.05, 0.1) is 5.56 Å². The van der Waals surface area contributed by atoms with Crippen LogP contribution in [0.5, 0.6) is 0 Å². The van der Waals surface area contributed by atoms with E-state index in [-0.39, 0.29) is 32.0 Å². The van der Waals surface area contributed by atoms with Gasteiger partial charge in [0.15, 0.2) is 0 Å². The van der Waals surface area contributed by atoms with Crippen molar-refractivity contribution in [1.82, 2.24) is 10.2 Å². The molecule has 84 valence electrons. The van der Waals surface area contributed by atoms with Crippen LogP contribution in [-0.4, -0.2) is 5.10 Å². The molecule has 0 N–H and O–H groups in total. The first kappa shape index (κ1) is 17.0. The molecule has 0 aliphatic carbocycles. The summed E-state index contributed by atoms with van der Waals surface area (Å²) >= 11 is 0. The number of hydrogen-bond donors (Lipinski definition) is 0. The summed E-state index contributed by atoms with van der Waals surface area (Å²) in [4.78, 5) is 10.6. The summed E-state index contributed by atoms with van der Waals surface area (Å²) < 4.78 is 0. The molecule has 0 amide bonds. The first-order chi connectivity index (χ1) is 6.41. The summed E-state index contributed by atoms with van der Waals surface area (Å²) in [7, 11) is 0. The topological polar surface area (TPSA) is 44.1 Å². The smallest absolute Gasteiger partial charge is 0.541 e. The van der Waals surface area contributed by atoms with Crippen LogP contribution in [0.4, 0.5) is 0 Å². The third kappa shape index (κ3) is 7.49. The Hall–Kier alpha value is -0.432. The molecule has 0 atom stereocenters. The van der Waals surface area contributed by atoms with Crippen LogP contribution in [0, 0.1) is 6.42 Å². The summed E-state index contributed by atoms with van der Waals surface area (Å²) in [5.41, 5.74) is 0.538. The van der Waals surface area contributed by atoms with E-state index in [9.17, 15) is 4.79 Å². The molecule has 0 spiro atoms. The van der Waals surface area contributed by atoms with Gasteiger partial charge in [0, 0.05) is 11.1 Å². The minimum Gasteiger partial charge on any atom is -0.541 e. The molecule has 15 heavy (non-hydrogen) atoms. The maximum absolute atomic E-state index is 10.6. The minimum absolute atomic E-state index is 0. The molecule has 4 heteroatoms. The average molecular weight is 378 g/mol. The fourth-order valence-electron chi connectivity index (χ4n) is 0.720. The first-order valence-corrected chi connectivity index (χ1v) is 4.67. The van der Waals surface area contributed by atoms with Gasteiger partial charge in [-0.15, -0.1) is 0 Å². The van der Waals surface area contributed by atoms with Gasteiger partial charge in [-0.05, 0) is 12.1 Å². The van der Waals surface area contributed by atoms with Gasteiger partial charge in [-0.1, -0.05) is 20.8 Å². The predicted molar refractivity (Wildman–Crippen MR) is 58.2 cm³/mol. The molecule has 0 bridgehead atoms.